The Labute approximate surface area is 108 Å². The number of rotatable bonds is 5. The molecule has 4 atom stereocenters. The van der Waals surface area contributed by atoms with Gasteiger partial charge >= 0.3 is 0 Å². The number of hydrogen-bond donors (Lipinski definition) is 1. The first-order valence-corrected chi connectivity index (χ1v) is 7.61. The average Bonchev–Trinajstić information content (AvgIpc) is 2.15. The van der Waals surface area contributed by atoms with Crippen molar-refractivity contribution >= 4 is 0 Å². The summed E-state index contributed by atoms with van der Waals surface area (Å²) in [6.45, 7) is 11.4. The third-order valence-corrected chi connectivity index (χ3v) is 4.65. The van der Waals surface area contributed by atoms with E-state index in [-0.39, 0.29) is 5.60 Å². The van der Waals surface area contributed by atoms with E-state index in [1.807, 2.05) is 0 Å². The van der Waals surface area contributed by atoms with E-state index in [2.05, 4.69) is 34.6 Å². The van der Waals surface area contributed by atoms with Crippen LogP contribution in [0.5, 0.6) is 0 Å². The molecule has 0 radical (unpaired) electrons. The first-order valence-electron chi connectivity index (χ1n) is 7.61. The van der Waals surface area contributed by atoms with Crippen LogP contribution in [-0.4, -0.2) is 10.7 Å². The van der Waals surface area contributed by atoms with Crippen LogP contribution < -0.4 is 0 Å². The Kier molecular flexibility index (Phi) is 5.50. The van der Waals surface area contributed by atoms with Gasteiger partial charge in [-0.15, -0.1) is 0 Å². The lowest BCUT2D eigenvalue weighted by Gasteiger charge is -2.46. The quantitative estimate of drug-likeness (QED) is 0.742. The predicted molar refractivity (Wildman–Crippen MR) is 75.0 cm³/mol. The van der Waals surface area contributed by atoms with E-state index in [1.54, 1.807) is 0 Å². The van der Waals surface area contributed by atoms with E-state index in [4.69, 9.17) is 0 Å². The zero-order valence-electron chi connectivity index (χ0n) is 12.5. The maximum absolute atomic E-state index is 11.1. The molecule has 0 aromatic carbocycles. The van der Waals surface area contributed by atoms with E-state index in [9.17, 15) is 5.11 Å². The monoisotopic (exact) mass is 240 g/mol. The van der Waals surface area contributed by atoms with Crippen molar-refractivity contribution in [3.63, 3.8) is 0 Å². The molecule has 0 spiro atoms. The zero-order valence-corrected chi connectivity index (χ0v) is 12.5. The minimum Gasteiger partial charge on any atom is -0.390 e. The van der Waals surface area contributed by atoms with E-state index in [0.29, 0.717) is 23.7 Å². The van der Waals surface area contributed by atoms with Crippen LogP contribution in [0.15, 0.2) is 0 Å². The minimum absolute atomic E-state index is 0.388. The normalized spacial score (nSPS) is 36.2. The largest absolute Gasteiger partial charge is 0.390 e. The second kappa shape index (κ2) is 6.22. The van der Waals surface area contributed by atoms with Gasteiger partial charge in [-0.25, -0.2) is 0 Å². The van der Waals surface area contributed by atoms with Gasteiger partial charge in [0.25, 0.3) is 0 Å². The molecule has 0 heterocycles. The molecule has 1 aliphatic rings. The minimum atomic E-state index is -0.388. The Bertz CT molecular complexity index is 224. The highest BCUT2D eigenvalue weighted by molar-refractivity contribution is 4.94. The van der Waals surface area contributed by atoms with Crippen LogP contribution in [-0.2, 0) is 0 Å². The van der Waals surface area contributed by atoms with Crippen molar-refractivity contribution in [3.05, 3.63) is 0 Å². The van der Waals surface area contributed by atoms with Gasteiger partial charge in [0.05, 0.1) is 5.60 Å². The molecule has 1 aliphatic carbocycles. The van der Waals surface area contributed by atoms with E-state index < -0.39 is 0 Å². The van der Waals surface area contributed by atoms with Crippen molar-refractivity contribution < 1.29 is 5.11 Å². The van der Waals surface area contributed by atoms with Gasteiger partial charge in [0.15, 0.2) is 0 Å². The fourth-order valence-corrected chi connectivity index (χ4v) is 3.98. The van der Waals surface area contributed by atoms with Gasteiger partial charge in [-0.3, -0.25) is 0 Å². The van der Waals surface area contributed by atoms with Gasteiger partial charge in [-0.1, -0.05) is 53.9 Å². The molecule has 0 bridgehead atoms. The molecule has 1 nitrogen and oxygen atoms in total. The Balaban J connectivity index is 2.71. The van der Waals surface area contributed by atoms with Crippen LogP contribution in [0.25, 0.3) is 0 Å². The Morgan fingerprint density at radius 1 is 1.24 bits per heavy atom. The SMILES string of the molecule is CCCC(C)CC1(O)CC(C)CCC1C(C)C. The molecular formula is C16H32O. The van der Waals surface area contributed by atoms with Gasteiger partial charge in [-0.2, -0.15) is 0 Å². The highest BCUT2D eigenvalue weighted by atomic mass is 16.3. The lowest BCUT2D eigenvalue weighted by Crippen LogP contribution is -2.46. The van der Waals surface area contributed by atoms with Crippen molar-refractivity contribution in [2.24, 2.45) is 23.7 Å². The molecule has 0 saturated heterocycles. The highest BCUT2D eigenvalue weighted by Crippen LogP contribution is 2.44. The van der Waals surface area contributed by atoms with E-state index in [0.717, 1.165) is 12.8 Å². The van der Waals surface area contributed by atoms with Crippen molar-refractivity contribution in [2.45, 2.75) is 78.7 Å². The topological polar surface area (TPSA) is 20.2 Å². The molecule has 4 unspecified atom stereocenters. The molecule has 0 aliphatic heterocycles. The second-order valence-corrected chi connectivity index (χ2v) is 6.94. The summed E-state index contributed by atoms with van der Waals surface area (Å²) in [4.78, 5) is 0. The molecule has 1 heteroatoms. The van der Waals surface area contributed by atoms with Crippen LogP contribution in [0.3, 0.4) is 0 Å². The fraction of sp³-hybridized carbons (Fsp3) is 1.00. The molecule has 0 amide bonds. The Hall–Kier alpha value is -0.0400. The fourth-order valence-electron chi connectivity index (χ4n) is 3.98. The first-order chi connectivity index (χ1) is 7.89. The van der Waals surface area contributed by atoms with E-state index in [1.165, 1.54) is 25.7 Å². The summed E-state index contributed by atoms with van der Waals surface area (Å²) in [7, 11) is 0. The maximum atomic E-state index is 11.1. The standard InChI is InChI=1S/C16H32O/c1-6-7-13(4)10-16(17)11-14(5)8-9-15(16)12(2)3/h12-15,17H,6-11H2,1-5H3. The molecule has 0 aromatic rings. The molecule has 102 valence electrons. The predicted octanol–water partition coefficient (Wildman–Crippen LogP) is 4.64. The Morgan fingerprint density at radius 2 is 1.88 bits per heavy atom. The summed E-state index contributed by atoms with van der Waals surface area (Å²) >= 11 is 0. The third kappa shape index (κ3) is 3.98. The van der Waals surface area contributed by atoms with Crippen LogP contribution in [0.4, 0.5) is 0 Å². The van der Waals surface area contributed by atoms with Gasteiger partial charge < -0.3 is 5.11 Å². The highest BCUT2D eigenvalue weighted by Gasteiger charge is 2.43. The lowest BCUT2D eigenvalue weighted by atomic mass is 9.64. The number of aliphatic hydroxyl groups is 1. The first kappa shape index (κ1) is 15.0. The van der Waals surface area contributed by atoms with Crippen LogP contribution >= 0.6 is 0 Å². The molecule has 17 heavy (non-hydrogen) atoms. The molecule has 0 aromatic heterocycles. The second-order valence-electron chi connectivity index (χ2n) is 6.94. The maximum Gasteiger partial charge on any atom is 0.0683 e. The molecular weight excluding hydrogens is 208 g/mol. The summed E-state index contributed by atoms with van der Waals surface area (Å²) in [6.07, 6.45) is 7.03. The molecule has 1 fully saturated rings. The molecule has 1 rings (SSSR count). The number of hydrogen-bond acceptors (Lipinski definition) is 1. The average molecular weight is 240 g/mol. The molecule has 1 N–H and O–H groups in total. The van der Waals surface area contributed by atoms with Gasteiger partial charge in [0.1, 0.15) is 0 Å². The summed E-state index contributed by atoms with van der Waals surface area (Å²) in [5, 5.41) is 11.1. The summed E-state index contributed by atoms with van der Waals surface area (Å²) < 4.78 is 0. The summed E-state index contributed by atoms with van der Waals surface area (Å²) in [5.74, 6) is 2.49. The van der Waals surface area contributed by atoms with Crippen molar-refractivity contribution in [3.8, 4) is 0 Å². The summed E-state index contributed by atoms with van der Waals surface area (Å²) in [5.41, 5.74) is -0.388. The van der Waals surface area contributed by atoms with Crippen molar-refractivity contribution in [1.82, 2.24) is 0 Å². The van der Waals surface area contributed by atoms with Crippen molar-refractivity contribution in [2.75, 3.05) is 0 Å². The lowest BCUT2D eigenvalue weighted by molar-refractivity contribution is -0.0946. The van der Waals surface area contributed by atoms with Gasteiger partial charge in [0, 0.05) is 0 Å². The van der Waals surface area contributed by atoms with Crippen molar-refractivity contribution in [1.29, 1.82) is 0 Å². The van der Waals surface area contributed by atoms with Gasteiger partial charge in [0.2, 0.25) is 0 Å². The molecule has 1 saturated carbocycles. The van der Waals surface area contributed by atoms with Crippen LogP contribution in [0, 0.1) is 23.7 Å². The van der Waals surface area contributed by atoms with E-state index >= 15 is 0 Å². The smallest absolute Gasteiger partial charge is 0.0683 e. The van der Waals surface area contributed by atoms with Crippen LogP contribution in [0.1, 0.15) is 73.1 Å². The summed E-state index contributed by atoms with van der Waals surface area (Å²) in [6, 6.07) is 0. The third-order valence-electron chi connectivity index (χ3n) is 4.65. The Morgan fingerprint density at radius 3 is 2.41 bits per heavy atom. The zero-order chi connectivity index (χ0) is 13.1. The van der Waals surface area contributed by atoms with Crippen LogP contribution in [0.2, 0.25) is 0 Å². The van der Waals surface area contributed by atoms with Gasteiger partial charge in [-0.05, 0) is 42.9 Å².